The topological polar surface area (TPSA) is 97.4 Å². The van der Waals surface area contributed by atoms with E-state index >= 15 is 0 Å². The van der Waals surface area contributed by atoms with E-state index in [0.717, 1.165) is 30.5 Å². The van der Waals surface area contributed by atoms with Crippen LogP contribution in [0.2, 0.25) is 0 Å². The normalized spacial score (nSPS) is 22.6. The highest BCUT2D eigenvalue weighted by Gasteiger charge is 2.55. The summed E-state index contributed by atoms with van der Waals surface area (Å²) in [6, 6.07) is 14.3. The highest BCUT2D eigenvalue weighted by molar-refractivity contribution is 7.91. The minimum atomic E-state index is -4.44. The first kappa shape index (κ1) is 31.7. The third-order valence-electron chi connectivity index (χ3n) is 8.47. The maximum absolute atomic E-state index is 14.2. The number of amides is 1. The quantitative estimate of drug-likeness (QED) is 0.411. The van der Waals surface area contributed by atoms with Crippen LogP contribution in [-0.2, 0) is 37.1 Å². The molecule has 0 aromatic heterocycles. The van der Waals surface area contributed by atoms with E-state index in [-0.39, 0.29) is 37.8 Å². The van der Waals surface area contributed by atoms with Crippen LogP contribution in [0.15, 0.2) is 54.6 Å². The van der Waals surface area contributed by atoms with Gasteiger partial charge < -0.3 is 9.47 Å². The van der Waals surface area contributed by atoms with Gasteiger partial charge in [-0.2, -0.15) is 13.2 Å². The molecule has 0 radical (unpaired) electrons. The Morgan fingerprint density at radius 2 is 1.63 bits per heavy atom. The smallest absolute Gasteiger partial charge is 0.416 e. The molecule has 3 aliphatic heterocycles. The summed E-state index contributed by atoms with van der Waals surface area (Å²) in [6.45, 7) is 2.25. The van der Waals surface area contributed by atoms with E-state index in [1.807, 2.05) is 30.3 Å². The van der Waals surface area contributed by atoms with Gasteiger partial charge in [0.05, 0.1) is 5.56 Å². The molecule has 2 aromatic carbocycles. The summed E-state index contributed by atoms with van der Waals surface area (Å²) in [4.78, 5) is 21.4. The number of halogens is 3. The summed E-state index contributed by atoms with van der Waals surface area (Å²) < 4.78 is 78.2. The molecule has 236 valence electrons. The fourth-order valence-electron chi connectivity index (χ4n) is 5.88. The highest BCUT2D eigenvalue weighted by Crippen LogP contribution is 2.36. The molecule has 1 N–H and O–H groups in total. The van der Waals surface area contributed by atoms with Crippen LogP contribution in [0.25, 0.3) is 0 Å². The molecule has 3 heterocycles. The molecule has 13 heteroatoms. The lowest BCUT2D eigenvalue weighted by molar-refractivity contribution is -0.202. The number of hydrogen-bond donors (Lipinski definition) is 1. The van der Waals surface area contributed by atoms with Crippen molar-refractivity contribution in [2.45, 2.75) is 74.8 Å². The largest absolute Gasteiger partial charge is 0.490 e. The van der Waals surface area contributed by atoms with E-state index in [2.05, 4.69) is 10.4 Å². The van der Waals surface area contributed by atoms with Crippen molar-refractivity contribution in [3.05, 3.63) is 65.7 Å². The Labute approximate surface area is 250 Å². The van der Waals surface area contributed by atoms with Crippen molar-refractivity contribution in [3.8, 4) is 5.75 Å². The van der Waals surface area contributed by atoms with Gasteiger partial charge in [-0.25, -0.2) is 23.0 Å². The van der Waals surface area contributed by atoms with Crippen molar-refractivity contribution in [3.63, 3.8) is 0 Å². The van der Waals surface area contributed by atoms with Gasteiger partial charge in [-0.05, 0) is 68.4 Å². The average molecular weight is 626 g/mol. The highest BCUT2D eigenvalue weighted by atomic mass is 32.2. The van der Waals surface area contributed by atoms with Crippen molar-refractivity contribution in [1.82, 2.24) is 14.7 Å². The number of likely N-dealkylation sites (tertiary alicyclic amines) is 1. The summed E-state index contributed by atoms with van der Waals surface area (Å²) in [6.07, 6.45) is -2.14. The molecule has 0 aliphatic carbocycles. The molecule has 2 aromatic rings. The number of benzene rings is 2. The molecule has 43 heavy (non-hydrogen) atoms. The van der Waals surface area contributed by atoms with Gasteiger partial charge in [0.15, 0.2) is 11.0 Å². The fourth-order valence-corrected chi connectivity index (χ4v) is 8.05. The van der Waals surface area contributed by atoms with Gasteiger partial charge in [-0.1, -0.05) is 30.3 Å². The zero-order chi connectivity index (χ0) is 30.5. The van der Waals surface area contributed by atoms with Crippen LogP contribution in [0, 0.1) is 0 Å². The molecule has 3 aliphatic rings. The summed E-state index contributed by atoms with van der Waals surface area (Å²) in [5, 5.41) is 0. The van der Waals surface area contributed by atoms with Crippen molar-refractivity contribution < 1.29 is 40.7 Å². The Morgan fingerprint density at radius 3 is 2.23 bits per heavy atom. The second kappa shape index (κ2) is 13.5. The van der Waals surface area contributed by atoms with E-state index in [0.29, 0.717) is 45.5 Å². The van der Waals surface area contributed by atoms with Crippen molar-refractivity contribution in [2.24, 2.45) is 0 Å². The second-order valence-corrected chi connectivity index (χ2v) is 13.6. The SMILES string of the molecule is O=C(NOC1CCCCO1)C1(S(=O)(=O)N2CCC(Oc3ccc(C(F)(F)F)cc3)CC2)CCN(Cc2ccccc2)CC1. The summed E-state index contributed by atoms with van der Waals surface area (Å²) >= 11 is 0. The maximum atomic E-state index is 14.2. The van der Waals surface area contributed by atoms with Crippen LogP contribution in [0.5, 0.6) is 5.75 Å². The number of sulfonamides is 1. The molecule has 3 saturated heterocycles. The lowest BCUT2D eigenvalue weighted by atomic mass is 9.94. The maximum Gasteiger partial charge on any atom is 0.416 e. The third kappa shape index (κ3) is 7.51. The third-order valence-corrected chi connectivity index (χ3v) is 11.1. The average Bonchev–Trinajstić information content (AvgIpc) is 3.01. The van der Waals surface area contributed by atoms with Gasteiger partial charge in [-0.15, -0.1) is 0 Å². The molecule has 5 rings (SSSR count). The number of piperidine rings is 2. The van der Waals surface area contributed by atoms with Crippen molar-refractivity contribution >= 4 is 15.9 Å². The molecule has 1 unspecified atom stereocenters. The zero-order valence-corrected chi connectivity index (χ0v) is 24.7. The Morgan fingerprint density at radius 1 is 0.953 bits per heavy atom. The minimum absolute atomic E-state index is 0.102. The monoisotopic (exact) mass is 625 g/mol. The lowest BCUT2D eigenvalue weighted by Crippen LogP contribution is -2.63. The van der Waals surface area contributed by atoms with E-state index < -0.39 is 38.7 Å². The van der Waals surface area contributed by atoms with Gasteiger partial charge in [0.25, 0.3) is 5.91 Å². The molecule has 3 fully saturated rings. The van der Waals surface area contributed by atoms with Crippen LogP contribution in [0.3, 0.4) is 0 Å². The van der Waals surface area contributed by atoms with E-state index in [4.69, 9.17) is 14.3 Å². The Hall–Kier alpha value is -2.71. The first-order valence-corrected chi connectivity index (χ1v) is 16.2. The number of carbonyl (C=O) groups excluding carboxylic acids is 1. The number of rotatable bonds is 9. The Bertz CT molecular complexity index is 1300. The second-order valence-electron chi connectivity index (χ2n) is 11.3. The first-order chi connectivity index (χ1) is 20.6. The van der Waals surface area contributed by atoms with Gasteiger partial charge in [-0.3, -0.25) is 9.69 Å². The molecule has 1 amide bonds. The van der Waals surface area contributed by atoms with Gasteiger partial charge in [0, 0.05) is 45.8 Å². The van der Waals surface area contributed by atoms with Crippen LogP contribution < -0.4 is 10.2 Å². The number of nitrogens with one attached hydrogen (secondary N) is 1. The number of ether oxygens (including phenoxy) is 2. The Kier molecular flexibility index (Phi) is 9.96. The number of nitrogens with zero attached hydrogens (tertiary/aromatic N) is 2. The summed E-state index contributed by atoms with van der Waals surface area (Å²) in [5.41, 5.74) is 2.78. The van der Waals surface area contributed by atoms with E-state index in [1.165, 1.54) is 16.4 Å². The number of carbonyl (C=O) groups is 1. The van der Waals surface area contributed by atoms with Gasteiger partial charge in [0.1, 0.15) is 11.9 Å². The predicted octanol–water partition coefficient (Wildman–Crippen LogP) is 4.49. The Balaban J connectivity index is 1.25. The van der Waals surface area contributed by atoms with Crippen LogP contribution in [0.4, 0.5) is 13.2 Å². The number of hydrogen-bond acceptors (Lipinski definition) is 7. The molecule has 0 spiro atoms. The van der Waals surface area contributed by atoms with Crippen LogP contribution in [0.1, 0.15) is 56.1 Å². The van der Waals surface area contributed by atoms with E-state index in [9.17, 15) is 26.4 Å². The first-order valence-electron chi connectivity index (χ1n) is 14.7. The van der Waals surface area contributed by atoms with Gasteiger partial charge >= 0.3 is 6.18 Å². The molecule has 9 nitrogen and oxygen atoms in total. The molecular formula is C30H38F3N3O6S. The number of hydroxylamine groups is 1. The summed E-state index contributed by atoms with van der Waals surface area (Å²) in [7, 11) is -4.12. The van der Waals surface area contributed by atoms with Gasteiger partial charge in [0.2, 0.25) is 10.0 Å². The molecule has 0 saturated carbocycles. The summed E-state index contributed by atoms with van der Waals surface area (Å²) in [5.74, 6) is -0.401. The fraction of sp³-hybridized carbons (Fsp3) is 0.567. The minimum Gasteiger partial charge on any atom is -0.490 e. The molecule has 1 atom stereocenters. The van der Waals surface area contributed by atoms with Crippen LogP contribution in [-0.4, -0.2) is 73.5 Å². The lowest BCUT2D eigenvalue weighted by Gasteiger charge is -2.43. The van der Waals surface area contributed by atoms with Crippen molar-refractivity contribution in [1.29, 1.82) is 0 Å². The van der Waals surface area contributed by atoms with Crippen LogP contribution >= 0.6 is 0 Å². The van der Waals surface area contributed by atoms with E-state index in [1.54, 1.807) is 0 Å². The predicted molar refractivity (Wildman–Crippen MR) is 152 cm³/mol. The number of alkyl halides is 3. The molecular weight excluding hydrogens is 587 g/mol. The molecule has 0 bridgehead atoms. The van der Waals surface area contributed by atoms with Crippen molar-refractivity contribution in [2.75, 3.05) is 32.8 Å². The zero-order valence-electron chi connectivity index (χ0n) is 23.9. The standard InChI is InChI=1S/C30H38F3N3O6S/c31-30(32,33)24-9-11-25(12-10-24)41-26-13-17-36(18-14-26)43(38,39)29(28(37)34-42-27-8-4-5-21-40-27)15-19-35(20-16-29)22-23-6-2-1-3-7-23/h1-3,6-7,9-12,26-27H,4-5,8,13-22H2,(H,34,37).